The maximum atomic E-state index is 10.7. The SMILES string of the molecule is Cc1ccc(Cc2ccc(C(=O)O)[nH]2)cc1. The van der Waals surface area contributed by atoms with Crippen molar-refractivity contribution in [1.29, 1.82) is 0 Å². The van der Waals surface area contributed by atoms with E-state index in [1.54, 1.807) is 6.07 Å². The van der Waals surface area contributed by atoms with Crippen molar-refractivity contribution in [2.24, 2.45) is 0 Å². The Morgan fingerprint density at radius 3 is 2.44 bits per heavy atom. The summed E-state index contributed by atoms with van der Waals surface area (Å²) in [6.45, 7) is 2.04. The highest BCUT2D eigenvalue weighted by molar-refractivity contribution is 5.85. The molecular weight excluding hydrogens is 202 g/mol. The number of aryl methyl sites for hydroxylation is 1. The van der Waals surface area contributed by atoms with Crippen LogP contribution in [0.5, 0.6) is 0 Å². The first-order chi connectivity index (χ1) is 7.65. The van der Waals surface area contributed by atoms with Gasteiger partial charge < -0.3 is 10.1 Å². The standard InChI is InChI=1S/C13H13NO2/c1-9-2-4-10(5-3-9)8-11-6-7-12(14-11)13(15)16/h2-7,14H,8H2,1H3,(H,15,16). The van der Waals surface area contributed by atoms with E-state index in [9.17, 15) is 4.79 Å². The van der Waals surface area contributed by atoms with Crippen LogP contribution in [0.25, 0.3) is 0 Å². The van der Waals surface area contributed by atoms with Gasteiger partial charge in [0.15, 0.2) is 0 Å². The summed E-state index contributed by atoms with van der Waals surface area (Å²) in [4.78, 5) is 13.6. The van der Waals surface area contributed by atoms with Gasteiger partial charge in [0.2, 0.25) is 0 Å². The van der Waals surface area contributed by atoms with Gasteiger partial charge in [0.25, 0.3) is 0 Å². The highest BCUT2D eigenvalue weighted by Gasteiger charge is 2.05. The Morgan fingerprint density at radius 1 is 1.19 bits per heavy atom. The van der Waals surface area contributed by atoms with E-state index >= 15 is 0 Å². The van der Waals surface area contributed by atoms with E-state index in [4.69, 9.17) is 5.11 Å². The van der Waals surface area contributed by atoms with Crippen LogP contribution in [-0.4, -0.2) is 16.1 Å². The van der Waals surface area contributed by atoms with Crippen molar-refractivity contribution in [2.45, 2.75) is 13.3 Å². The Bertz CT molecular complexity index is 497. The normalized spacial score (nSPS) is 10.3. The van der Waals surface area contributed by atoms with E-state index in [2.05, 4.69) is 29.2 Å². The number of aromatic nitrogens is 1. The molecule has 1 aromatic carbocycles. The van der Waals surface area contributed by atoms with Crippen LogP contribution in [0.15, 0.2) is 36.4 Å². The van der Waals surface area contributed by atoms with Gasteiger partial charge in [-0.05, 0) is 24.6 Å². The van der Waals surface area contributed by atoms with E-state index in [0.717, 1.165) is 12.1 Å². The second-order valence-electron chi connectivity index (χ2n) is 3.86. The third kappa shape index (κ3) is 2.31. The Hall–Kier alpha value is -2.03. The second kappa shape index (κ2) is 4.23. The molecule has 0 fully saturated rings. The molecule has 0 atom stereocenters. The molecule has 2 N–H and O–H groups in total. The number of hydrogen-bond donors (Lipinski definition) is 2. The lowest BCUT2D eigenvalue weighted by Gasteiger charge is -1.99. The fraction of sp³-hybridized carbons (Fsp3) is 0.154. The Kier molecular flexibility index (Phi) is 2.77. The van der Waals surface area contributed by atoms with Gasteiger partial charge in [-0.2, -0.15) is 0 Å². The molecule has 3 nitrogen and oxygen atoms in total. The van der Waals surface area contributed by atoms with Crippen LogP contribution in [0.3, 0.4) is 0 Å². The van der Waals surface area contributed by atoms with Crippen molar-refractivity contribution in [2.75, 3.05) is 0 Å². The quantitative estimate of drug-likeness (QED) is 0.826. The average molecular weight is 215 g/mol. The van der Waals surface area contributed by atoms with Crippen molar-refractivity contribution < 1.29 is 9.90 Å². The smallest absolute Gasteiger partial charge is 0.352 e. The molecule has 3 heteroatoms. The fourth-order valence-corrected chi connectivity index (χ4v) is 1.59. The van der Waals surface area contributed by atoms with Gasteiger partial charge in [0, 0.05) is 12.1 Å². The molecule has 1 heterocycles. The summed E-state index contributed by atoms with van der Waals surface area (Å²) < 4.78 is 0. The minimum absolute atomic E-state index is 0.238. The fourth-order valence-electron chi connectivity index (χ4n) is 1.59. The zero-order chi connectivity index (χ0) is 11.5. The van der Waals surface area contributed by atoms with Crippen molar-refractivity contribution in [1.82, 2.24) is 4.98 Å². The van der Waals surface area contributed by atoms with Gasteiger partial charge in [-0.15, -0.1) is 0 Å². The van der Waals surface area contributed by atoms with E-state index < -0.39 is 5.97 Å². The summed E-state index contributed by atoms with van der Waals surface area (Å²) in [7, 11) is 0. The molecule has 16 heavy (non-hydrogen) atoms. The molecule has 0 aliphatic carbocycles. The molecule has 2 rings (SSSR count). The third-order valence-corrected chi connectivity index (χ3v) is 2.49. The summed E-state index contributed by atoms with van der Waals surface area (Å²) in [5.74, 6) is -0.921. The first-order valence-electron chi connectivity index (χ1n) is 5.12. The maximum absolute atomic E-state index is 10.7. The third-order valence-electron chi connectivity index (χ3n) is 2.49. The lowest BCUT2D eigenvalue weighted by Crippen LogP contribution is -1.97. The minimum Gasteiger partial charge on any atom is -0.477 e. The molecule has 82 valence electrons. The van der Waals surface area contributed by atoms with Gasteiger partial charge in [-0.25, -0.2) is 4.79 Å². The number of H-pyrrole nitrogens is 1. The second-order valence-corrected chi connectivity index (χ2v) is 3.86. The zero-order valence-corrected chi connectivity index (χ0v) is 9.03. The molecule has 0 spiro atoms. The number of carbonyl (C=O) groups is 1. The van der Waals surface area contributed by atoms with Crippen LogP contribution in [0.2, 0.25) is 0 Å². The predicted octanol–water partition coefficient (Wildman–Crippen LogP) is 2.61. The van der Waals surface area contributed by atoms with Crippen LogP contribution in [0, 0.1) is 6.92 Å². The Morgan fingerprint density at radius 2 is 1.88 bits per heavy atom. The number of aromatic amines is 1. The Balaban J connectivity index is 2.14. The molecule has 0 aliphatic rings. The van der Waals surface area contributed by atoms with Gasteiger partial charge in [-0.1, -0.05) is 29.8 Å². The minimum atomic E-state index is -0.921. The number of aromatic carboxylic acids is 1. The van der Waals surface area contributed by atoms with Crippen molar-refractivity contribution in [3.05, 3.63) is 58.9 Å². The lowest BCUT2D eigenvalue weighted by atomic mass is 10.1. The monoisotopic (exact) mass is 215 g/mol. The molecule has 0 unspecified atom stereocenters. The summed E-state index contributed by atoms with van der Waals surface area (Å²) >= 11 is 0. The topological polar surface area (TPSA) is 53.1 Å². The zero-order valence-electron chi connectivity index (χ0n) is 9.03. The molecule has 2 aromatic rings. The van der Waals surface area contributed by atoms with Crippen molar-refractivity contribution in [3.8, 4) is 0 Å². The van der Waals surface area contributed by atoms with E-state index in [1.807, 2.05) is 13.0 Å². The molecular formula is C13H13NO2. The van der Waals surface area contributed by atoms with Crippen molar-refractivity contribution in [3.63, 3.8) is 0 Å². The van der Waals surface area contributed by atoms with Crippen LogP contribution in [0.1, 0.15) is 27.3 Å². The largest absolute Gasteiger partial charge is 0.477 e. The Labute approximate surface area is 93.7 Å². The first-order valence-corrected chi connectivity index (χ1v) is 5.12. The summed E-state index contributed by atoms with van der Waals surface area (Å²) in [6, 6.07) is 11.6. The number of carboxylic acid groups (broad SMARTS) is 1. The predicted molar refractivity (Wildman–Crippen MR) is 61.7 cm³/mol. The van der Waals surface area contributed by atoms with Gasteiger partial charge in [0.05, 0.1) is 0 Å². The van der Waals surface area contributed by atoms with E-state index in [0.29, 0.717) is 0 Å². The van der Waals surface area contributed by atoms with E-state index in [1.165, 1.54) is 11.1 Å². The molecule has 0 aliphatic heterocycles. The van der Waals surface area contributed by atoms with Crippen LogP contribution < -0.4 is 0 Å². The highest BCUT2D eigenvalue weighted by Crippen LogP contribution is 2.10. The summed E-state index contributed by atoms with van der Waals surface area (Å²) in [6.07, 6.45) is 0.730. The maximum Gasteiger partial charge on any atom is 0.352 e. The lowest BCUT2D eigenvalue weighted by molar-refractivity contribution is 0.0691. The van der Waals surface area contributed by atoms with Gasteiger partial charge >= 0.3 is 5.97 Å². The number of benzene rings is 1. The van der Waals surface area contributed by atoms with Crippen LogP contribution >= 0.6 is 0 Å². The summed E-state index contributed by atoms with van der Waals surface area (Å²) in [5.41, 5.74) is 3.55. The molecule has 0 saturated carbocycles. The number of rotatable bonds is 3. The van der Waals surface area contributed by atoms with E-state index in [-0.39, 0.29) is 5.69 Å². The first kappa shape index (κ1) is 10.5. The van der Waals surface area contributed by atoms with Gasteiger partial charge in [0.1, 0.15) is 5.69 Å². The van der Waals surface area contributed by atoms with Crippen LogP contribution in [0.4, 0.5) is 0 Å². The van der Waals surface area contributed by atoms with Crippen LogP contribution in [-0.2, 0) is 6.42 Å². The van der Waals surface area contributed by atoms with Gasteiger partial charge in [-0.3, -0.25) is 0 Å². The molecule has 1 aromatic heterocycles. The highest BCUT2D eigenvalue weighted by atomic mass is 16.4. The molecule has 0 bridgehead atoms. The number of carboxylic acids is 1. The molecule has 0 amide bonds. The number of hydrogen-bond acceptors (Lipinski definition) is 1. The molecule has 0 saturated heterocycles. The van der Waals surface area contributed by atoms with Crippen molar-refractivity contribution >= 4 is 5.97 Å². The number of nitrogens with one attached hydrogen (secondary N) is 1. The molecule has 0 radical (unpaired) electrons. The summed E-state index contributed by atoms with van der Waals surface area (Å²) in [5, 5.41) is 8.77. The average Bonchev–Trinajstić information content (AvgIpc) is 2.70.